The highest BCUT2D eigenvalue weighted by Gasteiger charge is 2.01. The van der Waals surface area contributed by atoms with Crippen LogP contribution in [0.1, 0.15) is 5.69 Å². The molecule has 0 aromatic carbocycles. The second-order valence-corrected chi connectivity index (χ2v) is 2.73. The van der Waals surface area contributed by atoms with Gasteiger partial charge in [0.15, 0.2) is 0 Å². The quantitative estimate of drug-likeness (QED) is 0.402. The first-order valence-electron chi connectivity index (χ1n) is 2.77. The minimum atomic E-state index is -0.144. The third-order valence-electron chi connectivity index (χ3n) is 1.03. The van der Waals surface area contributed by atoms with Gasteiger partial charge >= 0.3 is 0 Å². The van der Waals surface area contributed by atoms with E-state index in [1.165, 1.54) is 12.1 Å². The Bertz CT molecular complexity index is 278. The third kappa shape index (κ3) is 2.06. The van der Waals surface area contributed by atoms with E-state index < -0.39 is 0 Å². The molecule has 0 aliphatic rings. The van der Waals surface area contributed by atoms with Gasteiger partial charge in [0.1, 0.15) is 16.7 Å². The summed E-state index contributed by atoms with van der Waals surface area (Å²) < 4.78 is 0. The highest BCUT2D eigenvalue weighted by atomic mass is 35.5. The van der Waals surface area contributed by atoms with E-state index in [0.29, 0.717) is 10.7 Å². The zero-order valence-electron chi connectivity index (χ0n) is 5.44. The summed E-state index contributed by atoms with van der Waals surface area (Å²) in [5.41, 5.74) is 5.45. The Morgan fingerprint density at radius 1 is 1.45 bits per heavy atom. The number of nitrogens with two attached hydrogens (primary N) is 1. The second-order valence-electron chi connectivity index (χ2n) is 1.91. The van der Waals surface area contributed by atoms with E-state index in [9.17, 15) is 0 Å². The van der Waals surface area contributed by atoms with Crippen LogP contribution in [0.15, 0.2) is 12.1 Å². The number of pyridine rings is 1. The highest BCUT2D eigenvalue weighted by molar-refractivity contribution is 6.34. The number of hydrogen-bond acceptors (Lipinski definition) is 2. The van der Waals surface area contributed by atoms with Gasteiger partial charge in [-0.05, 0) is 12.1 Å². The maximum absolute atomic E-state index is 7.03. The molecule has 0 aliphatic heterocycles. The number of amidine groups is 1. The molecule has 1 aromatic heterocycles. The van der Waals surface area contributed by atoms with Crippen molar-refractivity contribution >= 4 is 29.0 Å². The van der Waals surface area contributed by atoms with Crippen molar-refractivity contribution in [3.63, 3.8) is 0 Å². The summed E-state index contributed by atoms with van der Waals surface area (Å²) >= 11 is 11.2. The Balaban J connectivity index is 3.19. The molecule has 0 saturated carbocycles. The molecule has 3 N–H and O–H groups in total. The number of rotatable bonds is 1. The van der Waals surface area contributed by atoms with Crippen molar-refractivity contribution in [2.24, 2.45) is 5.73 Å². The lowest BCUT2D eigenvalue weighted by atomic mass is 10.3. The number of nitrogens with one attached hydrogen (secondary N) is 1. The fourth-order valence-corrected chi connectivity index (χ4v) is 1.07. The Hall–Kier alpha value is -0.800. The number of nitrogens with zero attached hydrogens (tertiary/aromatic N) is 1. The van der Waals surface area contributed by atoms with E-state index in [4.69, 9.17) is 34.3 Å². The monoisotopic (exact) mass is 189 g/mol. The zero-order chi connectivity index (χ0) is 8.43. The molecule has 0 aliphatic carbocycles. The van der Waals surface area contributed by atoms with Gasteiger partial charge in [-0.1, -0.05) is 23.2 Å². The lowest BCUT2D eigenvalue weighted by Gasteiger charge is -1.97. The molecule has 0 spiro atoms. The molecule has 0 atom stereocenters. The number of halogens is 2. The van der Waals surface area contributed by atoms with Gasteiger partial charge in [0.25, 0.3) is 0 Å². The fourth-order valence-electron chi connectivity index (χ4n) is 0.604. The highest BCUT2D eigenvalue weighted by Crippen LogP contribution is 2.14. The fraction of sp³-hybridized carbons (Fsp3) is 0. The average Bonchev–Trinajstić information content (AvgIpc) is 1.85. The Kier molecular flexibility index (Phi) is 2.31. The van der Waals surface area contributed by atoms with Crippen molar-refractivity contribution in [3.05, 3.63) is 28.0 Å². The molecule has 3 nitrogen and oxygen atoms in total. The van der Waals surface area contributed by atoms with Crippen LogP contribution in [0.4, 0.5) is 0 Å². The number of hydrogen-bond donors (Lipinski definition) is 2. The van der Waals surface area contributed by atoms with E-state index in [1.807, 2.05) is 0 Å². The van der Waals surface area contributed by atoms with Crippen LogP contribution in [-0.2, 0) is 0 Å². The molecule has 1 heterocycles. The van der Waals surface area contributed by atoms with Crippen LogP contribution >= 0.6 is 23.2 Å². The van der Waals surface area contributed by atoms with E-state index >= 15 is 0 Å². The summed E-state index contributed by atoms with van der Waals surface area (Å²) in [6.45, 7) is 0. The summed E-state index contributed by atoms with van der Waals surface area (Å²) in [6.07, 6.45) is 0. The van der Waals surface area contributed by atoms with Gasteiger partial charge in [-0.3, -0.25) is 5.41 Å². The van der Waals surface area contributed by atoms with Crippen molar-refractivity contribution < 1.29 is 0 Å². The number of nitrogen functional groups attached to an aromatic ring is 1. The molecule has 0 unspecified atom stereocenters. The molecular formula is C6H5Cl2N3. The predicted molar refractivity (Wildman–Crippen MR) is 45.3 cm³/mol. The van der Waals surface area contributed by atoms with E-state index in [1.54, 1.807) is 0 Å². The van der Waals surface area contributed by atoms with E-state index in [-0.39, 0.29) is 11.0 Å². The summed E-state index contributed by atoms with van der Waals surface area (Å²) in [5.74, 6) is -0.144. The van der Waals surface area contributed by atoms with Crippen LogP contribution in [0, 0.1) is 5.41 Å². The van der Waals surface area contributed by atoms with Crippen molar-refractivity contribution in [1.82, 2.24) is 4.98 Å². The van der Waals surface area contributed by atoms with Gasteiger partial charge in [-0.25, -0.2) is 4.98 Å². The van der Waals surface area contributed by atoms with E-state index in [0.717, 1.165) is 0 Å². The minimum absolute atomic E-state index is 0.144. The molecule has 0 fully saturated rings. The Morgan fingerprint density at radius 2 is 2.09 bits per heavy atom. The maximum Gasteiger partial charge on any atom is 0.141 e. The topological polar surface area (TPSA) is 62.8 Å². The van der Waals surface area contributed by atoms with Crippen molar-refractivity contribution in [1.29, 1.82) is 5.41 Å². The Labute approximate surface area is 73.6 Å². The van der Waals surface area contributed by atoms with Gasteiger partial charge < -0.3 is 5.73 Å². The van der Waals surface area contributed by atoms with Crippen LogP contribution in [-0.4, -0.2) is 10.8 Å². The number of aromatic nitrogens is 1. The molecule has 0 saturated heterocycles. The predicted octanol–water partition coefficient (Wildman–Crippen LogP) is 1.67. The lowest BCUT2D eigenvalue weighted by molar-refractivity contribution is 1.26. The van der Waals surface area contributed by atoms with Crippen molar-refractivity contribution in [2.75, 3.05) is 0 Å². The van der Waals surface area contributed by atoms with Gasteiger partial charge in [-0.2, -0.15) is 0 Å². The van der Waals surface area contributed by atoms with Crippen LogP contribution < -0.4 is 5.73 Å². The molecule has 1 aromatic rings. The van der Waals surface area contributed by atoms with Gasteiger partial charge in [0.2, 0.25) is 0 Å². The van der Waals surface area contributed by atoms with E-state index in [2.05, 4.69) is 4.98 Å². The SMILES string of the molecule is N=C(N)c1cc(Cl)cc(Cl)n1. The first kappa shape index (κ1) is 8.30. The summed E-state index contributed by atoms with van der Waals surface area (Å²) in [7, 11) is 0. The van der Waals surface area contributed by atoms with Gasteiger partial charge in [0, 0.05) is 5.02 Å². The molecule has 5 heteroatoms. The molecule has 0 radical (unpaired) electrons. The first-order valence-corrected chi connectivity index (χ1v) is 3.52. The third-order valence-corrected chi connectivity index (χ3v) is 1.45. The normalized spacial score (nSPS) is 9.64. The average molecular weight is 190 g/mol. The lowest BCUT2D eigenvalue weighted by Crippen LogP contribution is -2.12. The van der Waals surface area contributed by atoms with Gasteiger partial charge in [-0.15, -0.1) is 0 Å². The first-order chi connectivity index (χ1) is 5.09. The van der Waals surface area contributed by atoms with Crippen LogP contribution in [0.5, 0.6) is 0 Å². The molecule has 0 amide bonds. The van der Waals surface area contributed by atoms with Crippen LogP contribution in [0.2, 0.25) is 10.2 Å². The molecule has 11 heavy (non-hydrogen) atoms. The largest absolute Gasteiger partial charge is 0.382 e. The summed E-state index contributed by atoms with van der Waals surface area (Å²) in [4.78, 5) is 3.76. The standard InChI is InChI=1S/C6H5Cl2N3/c7-3-1-4(6(9)10)11-5(8)2-3/h1-2H,(H3,9,10). The molecular weight excluding hydrogens is 185 g/mol. The van der Waals surface area contributed by atoms with Gasteiger partial charge in [0.05, 0.1) is 0 Å². The van der Waals surface area contributed by atoms with Crippen molar-refractivity contribution in [2.45, 2.75) is 0 Å². The molecule has 1 rings (SSSR count). The second kappa shape index (κ2) is 3.07. The van der Waals surface area contributed by atoms with Crippen LogP contribution in [0.3, 0.4) is 0 Å². The maximum atomic E-state index is 7.03. The minimum Gasteiger partial charge on any atom is -0.382 e. The Morgan fingerprint density at radius 3 is 2.55 bits per heavy atom. The smallest absolute Gasteiger partial charge is 0.141 e. The molecule has 58 valence electrons. The van der Waals surface area contributed by atoms with Crippen LogP contribution in [0.25, 0.3) is 0 Å². The molecule has 0 bridgehead atoms. The summed E-state index contributed by atoms with van der Waals surface area (Å²) in [5, 5.41) is 7.69. The van der Waals surface area contributed by atoms with Crippen molar-refractivity contribution in [3.8, 4) is 0 Å². The summed E-state index contributed by atoms with van der Waals surface area (Å²) in [6, 6.07) is 2.96. The zero-order valence-corrected chi connectivity index (χ0v) is 6.95.